The molecule has 0 bridgehead atoms. The van der Waals surface area contributed by atoms with Crippen molar-refractivity contribution in [3.8, 4) is 0 Å². The molecule has 9 nitrogen and oxygen atoms in total. The van der Waals surface area contributed by atoms with Gasteiger partial charge in [-0.1, -0.05) is 148 Å². The summed E-state index contributed by atoms with van der Waals surface area (Å²) >= 11 is 0. The summed E-state index contributed by atoms with van der Waals surface area (Å²) in [5.74, 6) is -0.530. The van der Waals surface area contributed by atoms with Gasteiger partial charge in [0.1, 0.15) is 12.7 Å². The molecule has 284 valence electrons. The highest BCUT2D eigenvalue weighted by molar-refractivity contribution is 7.47. The van der Waals surface area contributed by atoms with Gasteiger partial charge in [0.25, 0.3) is 0 Å². The molecule has 0 rings (SSSR count). The highest BCUT2D eigenvalue weighted by atomic mass is 31.2. The molecule has 48 heavy (non-hydrogen) atoms. The highest BCUT2D eigenvalue weighted by Crippen LogP contribution is 2.42. The van der Waals surface area contributed by atoms with E-state index in [1.54, 1.807) is 0 Å². The maximum Gasteiger partial charge on any atom is 0.472 e. The summed E-state index contributed by atoms with van der Waals surface area (Å²) in [7, 11) is -4.39. The summed E-state index contributed by atoms with van der Waals surface area (Å²) < 4.78 is 26.5. The number of hydrogen-bond donors (Lipinski definition) is 3. The van der Waals surface area contributed by atoms with E-state index in [0.717, 1.165) is 44.9 Å². The number of allylic oxidation sites excluding steroid dienone is 2. The van der Waals surface area contributed by atoms with Crippen LogP contribution in [0.2, 0.25) is 0 Å². The van der Waals surface area contributed by atoms with Gasteiger partial charge < -0.3 is 20.1 Å². The van der Waals surface area contributed by atoms with E-state index in [-0.39, 0.29) is 32.1 Å². The third kappa shape index (κ3) is 36.0. The van der Waals surface area contributed by atoms with Gasteiger partial charge in [-0.15, -0.1) is 0 Å². The van der Waals surface area contributed by atoms with Gasteiger partial charge in [-0.3, -0.25) is 18.6 Å². The van der Waals surface area contributed by atoms with Gasteiger partial charge in [0.15, 0.2) is 0 Å². The Morgan fingerprint density at radius 1 is 0.625 bits per heavy atom. The largest absolute Gasteiger partial charge is 0.472 e. The standard InChI is InChI=1S/C38H74NO8P/c1-3-5-7-9-10-11-12-13-14-15-16-17-18-19-20-21-22-23-24-25-26-27-28-30-37(41)39-32-33-46-48(43,44)47-35-36(40)34-45-38(42)31-29-8-6-4-2/h13-14,36,40H,3-12,15-35H2,1-2H3,(H,39,41)(H,43,44)/b14-13+. The maximum absolute atomic E-state index is 12.0. The molecule has 0 fully saturated rings. The minimum atomic E-state index is -4.39. The Morgan fingerprint density at radius 3 is 1.58 bits per heavy atom. The van der Waals surface area contributed by atoms with Gasteiger partial charge in [-0.05, 0) is 38.5 Å². The molecular formula is C38H74NO8P. The predicted octanol–water partition coefficient (Wildman–Crippen LogP) is 10.3. The lowest BCUT2D eigenvalue weighted by Gasteiger charge is -2.15. The zero-order valence-corrected chi connectivity index (χ0v) is 31.8. The van der Waals surface area contributed by atoms with Crippen molar-refractivity contribution < 1.29 is 37.9 Å². The number of carbonyl (C=O) groups excluding carboxylic acids is 2. The fraction of sp³-hybridized carbons (Fsp3) is 0.895. The van der Waals surface area contributed by atoms with Crippen LogP contribution in [-0.4, -0.2) is 54.3 Å². The van der Waals surface area contributed by atoms with Crippen molar-refractivity contribution >= 4 is 19.7 Å². The minimum Gasteiger partial charge on any atom is -0.463 e. The number of nitrogens with one attached hydrogen (secondary N) is 1. The van der Waals surface area contributed by atoms with Crippen molar-refractivity contribution in [2.45, 2.75) is 193 Å². The quantitative estimate of drug-likeness (QED) is 0.0252. The molecule has 0 radical (unpaired) electrons. The fourth-order valence-electron chi connectivity index (χ4n) is 5.43. The third-order valence-corrected chi connectivity index (χ3v) is 9.43. The maximum atomic E-state index is 12.0. The zero-order valence-electron chi connectivity index (χ0n) is 30.9. The molecule has 1 amide bonds. The van der Waals surface area contributed by atoms with E-state index in [1.807, 2.05) is 0 Å². The first-order valence-electron chi connectivity index (χ1n) is 19.7. The number of amides is 1. The monoisotopic (exact) mass is 704 g/mol. The number of hydrogen-bond acceptors (Lipinski definition) is 7. The van der Waals surface area contributed by atoms with Gasteiger partial charge in [-0.2, -0.15) is 0 Å². The molecule has 10 heteroatoms. The summed E-state index contributed by atoms with van der Waals surface area (Å²) in [4.78, 5) is 33.4. The first kappa shape index (κ1) is 46.8. The Labute approximate surface area is 294 Å². The van der Waals surface area contributed by atoms with Crippen molar-refractivity contribution in [1.29, 1.82) is 0 Å². The predicted molar refractivity (Wildman–Crippen MR) is 197 cm³/mol. The first-order valence-corrected chi connectivity index (χ1v) is 21.2. The van der Waals surface area contributed by atoms with Gasteiger partial charge >= 0.3 is 13.8 Å². The summed E-state index contributed by atoms with van der Waals surface area (Å²) in [5, 5.41) is 12.5. The van der Waals surface area contributed by atoms with Crippen molar-refractivity contribution in [3.05, 3.63) is 12.2 Å². The van der Waals surface area contributed by atoms with Gasteiger partial charge in [0.2, 0.25) is 5.91 Å². The van der Waals surface area contributed by atoms with Crippen molar-refractivity contribution in [2.75, 3.05) is 26.4 Å². The van der Waals surface area contributed by atoms with E-state index in [1.165, 1.54) is 116 Å². The van der Waals surface area contributed by atoms with Crippen LogP contribution in [0.5, 0.6) is 0 Å². The number of unbranched alkanes of at least 4 members (excludes halogenated alkanes) is 22. The highest BCUT2D eigenvalue weighted by Gasteiger charge is 2.23. The molecule has 0 aliphatic heterocycles. The van der Waals surface area contributed by atoms with E-state index in [2.05, 4.69) is 31.3 Å². The molecule has 0 aromatic rings. The second-order valence-electron chi connectivity index (χ2n) is 13.3. The molecule has 0 aromatic carbocycles. The number of ether oxygens (including phenoxy) is 1. The van der Waals surface area contributed by atoms with Crippen LogP contribution < -0.4 is 5.32 Å². The van der Waals surface area contributed by atoms with Crippen molar-refractivity contribution in [1.82, 2.24) is 5.32 Å². The summed E-state index contributed by atoms with van der Waals surface area (Å²) in [5.41, 5.74) is 0. The second-order valence-corrected chi connectivity index (χ2v) is 14.7. The second kappa shape index (κ2) is 35.6. The number of phosphoric ester groups is 1. The smallest absolute Gasteiger partial charge is 0.463 e. The Morgan fingerprint density at radius 2 is 1.06 bits per heavy atom. The summed E-state index contributed by atoms with van der Waals surface area (Å²) in [6.07, 6.45) is 35.0. The Hall–Kier alpha value is -1.25. The number of aliphatic hydroxyl groups is 1. The molecule has 0 aromatic heterocycles. The van der Waals surface area contributed by atoms with E-state index in [4.69, 9.17) is 13.8 Å². The SMILES string of the molecule is CCCCCCCC/C=C/CCCCCCCCCCCCCCCC(=O)NCCOP(=O)(O)OCC(O)COC(=O)CCCCCC. The van der Waals surface area contributed by atoms with E-state index >= 15 is 0 Å². The average Bonchev–Trinajstić information content (AvgIpc) is 3.07. The third-order valence-electron chi connectivity index (χ3n) is 8.45. The Balaban J connectivity index is 3.47. The van der Waals surface area contributed by atoms with E-state index in [0.29, 0.717) is 6.42 Å². The lowest BCUT2D eigenvalue weighted by Crippen LogP contribution is -2.27. The lowest BCUT2D eigenvalue weighted by atomic mass is 10.0. The molecule has 0 aliphatic carbocycles. The van der Waals surface area contributed by atoms with Crippen LogP contribution in [0.15, 0.2) is 12.2 Å². The van der Waals surface area contributed by atoms with Crippen LogP contribution in [-0.2, 0) is 27.9 Å². The van der Waals surface area contributed by atoms with Gasteiger partial charge in [0.05, 0.1) is 13.2 Å². The van der Waals surface area contributed by atoms with Crippen LogP contribution in [0.4, 0.5) is 0 Å². The number of phosphoric acid groups is 1. The average molecular weight is 704 g/mol. The van der Waals surface area contributed by atoms with Gasteiger partial charge in [-0.25, -0.2) is 4.57 Å². The Bertz CT molecular complexity index is 810. The molecule has 0 saturated carbocycles. The van der Waals surface area contributed by atoms with Crippen molar-refractivity contribution in [3.63, 3.8) is 0 Å². The minimum absolute atomic E-state index is 0.0850. The van der Waals surface area contributed by atoms with E-state index in [9.17, 15) is 24.2 Å². The molecule has 0 spiro atoms. The zero-order chi connectivity index (χ0) is 35.4. The molecule has 0 aliphatic rings. The summed E-state index contributed by atoms with van der Waals surface area (Å²) in [6, 6.07) is 0. The van der Waals surface area contributed by atoms with Crippen molar-refractivity contribution in [2.24, 2.45) is 0 Å². The number of rotatable bonds is 37. The van der Waals surface area contributed by atoms with Crippen LogP contribution in [0.3, 0.4) is 0 Å². The van der Waals surface area contributed by atoms with Crippen LogP contribution in [0.1, 0.15) is 187 Å². The first-order chi connectivity index (χ1) is 23.3. The van der Waals surface area contributed by atoms with Crippen LogP contribution in [0.25, 0.3) is 0 Å². The number of esters is 1. The Kier molecular flexibility index (Phi) is 34.6. The van der Waals surface area contributed by atoms with Crippen LogP contribution in [0, 0.1) is 0 Å². The molecule has 0 heterocycles. The summed E-state index contributed by atoms with van der Waals surface area (Å²) in [6.45, 7) is 3.41. The fourth-order valence-corrected chi connectivity index (χ4v) is 6.19. The molecule has 0 saturated heterocycles. The van der Waals surface area contributed by atoms with Gasteiger partial charge in [0, 0.05) is 19.4 Å². The molecular weight excluding hydrogens is 629 g/mol. The molecule has 2 unspecified atom stereocenters. The topological polar surface area (TPSA) is 131 Å². The molecule has 3 N–H and O–H groups in total. The number of carbonyl (C=O) groups is 2. The molecule has 2 atom stereocenters. The van der Waals surface area contributed by atoms with E-state index < -0.39 is 26.5 Å². The number of aliphatic hydroxyl groups excluding tert-OH is 1. The van der Waals surface area contributed by atoms with Crippen LogP contribution >= 0.6 is 7.82 Å². The lowest BCUT2D eigenvalue weighted by molar-refractivity contribution is -0.147. The normalized spacial score (nSPS) is 13.5.